The summed E-state index contributed by atoms with van der Waals surface area (Å²) in [7, 11) is 0. The Bertz CT molecular complexity index is 661. The number of piperidine rings is 1. The predicted octanol–water partition coefficient (Wildman–Crippen LogP) is 2.19. The average Bonchev–Trinajstić information content (AvgIpc) is 3.17. The van der Waals surface area contributed by atoms with E-state index in [9.17, 15) is 0 Å². The van der Waals surface area contributed by atoms with E-state index in [0.717, 1.165) is 36.7 Å². The maximum atomic E-state index is 5.97. The average molecular weight is 318 g/mol. The van der Waals surface area contributed by atoms with E-state index in [4.69, 9.17) is 13.8 Å². The van der Waals surface area contributed by atoms with Gasteiger partial charge < -0.3 is 13.8 Å². The molecule has 7 heteroatoms. The summed E-state index contributed by atoms with van der Waals surface area (Å²) in [5, 5.41) is 8.09. The van der Waals surface area contributed by atoms with Crippen molar-refractivity contribution in [3.8, 4) is 0 Å². The molecule has 0 aromatic carbocycles. The van der Waals surface area contributed by atoms with Gasteiger partial charge in [0.15, 0.2) is 0 Å². The molecule has 4 rings (SSSR count). The summed E-state index contributed by atoms with van der Waals surface area (Å²) < 4.78 is 16.6. The largest absolute Gasteiger partial charge is 0.367 e. The third-order valence-electron chi connectivity index (χ3n) is 4.92. The molecule has 0 aliphatic carbocycles. The van der Waals surface area contributed by atoms with Crippen LogP contribution < -0.4 is 0 Å². The lowest BCUT2D eigenvalue weighted by atomic mass is 10.0. The molecule has 0 saturated carbocycles. The summed E-state index contributed by atoms with van der Waals surface area (Å²) in [6, 6.07) is 0.564. The first-order valence-corrected chi connectivity index (χ1v) is 8.30. The predicted molar refractivity (Wildman–Crippen MR) is 81.0 cm³/mol. The number of hydrogen-bond acceptors (Lipinski definition) is 7. The van der Waals surface area contributed by atoms with Crippen molar-refractivity contribution < 1.29 is 13.8 Å². The maximum Gasteiger partial charge on any atom is 0.231 e. The van der Waals surface area contributed by atoms with Crippen LogP contribution >= 0.6 is 0 Å². The minimum atomic E-state index is -0.0912. The van der Waals surface area contributed by atoms with E-state index >= 15 is 0 Å². The van der Waals surface area contributed by atoms with Crippen LogP contribution in [0.5, 0.6) is 0 Å². The van der Waals surface area contributed by atoms with Gasteiger partial charge in [-0.2, -0.15) is 4.98 Å². The Balaban J connectivity index is 1.45. The summed E-state index contributed by atoms with van der Waals surface area (Å²) in [5.41, 5.74) is 1.88. The molecule has 0 bridgehead atoms. The number of fused-ring (bicyclic) bond motifs is 1. The second kappa shape index (κ2) is 6.05. The van der Waals surface area contributed by atoms with Gasteiger partial charge in [0.1, 0.15) is 11.9 Å². The van der Waals surface area contributed by atoms with E-state index in [2.05, 4.69) is 20.2 Å². The molecule has 2 aromatic heterocycles. The molecule has 2 aliphatic heterocycles. The molecule has 2 saturated heterocycles. The monoisotopic (exact) mass is 318 g/mol. The van der Waals surface area contributed by atoms with Gasteiger partial charge in [-0.15, -0.1) is 0 Å². The van der Waals surface area contributed by atoms with E-state index in [1.54, 1.807) is 0 Å². The van der Waals surface area contributed by atoms with Crippen LogP contribution in [0.25, 0.3) is 0 Å². The lowest BCUT2D eigenvalue weighted by Crippen LogP contribution is -2.49. The second-order valence-corrected chi connectivity index (χ2v) is 6.49. The standard InChI is InChI=1S/C16H22N4O3/c1-10-13(11(2)22-18-10)7-15-17-16(19-23-15)14-8-20-6-4-3-5-12(20)9-21-14/h12,14H,3-9H2,1-2H3/t12-,14-/m1/s1. The molecule has 2 aliphatic rings. The zero-order valence-electron chi connectivity index (χ0n) is 13.6. The zero-order valence-corrected chi connectivity index (χ0v) is 13.6. The highest BCUT2D eigenvalue weighted by Crippen LogP contribution is 2.28. The van der Waals surface area contributed by atoms with Crippen molar-refractivity contribution >= 4 is 0 Å². The molecule has 2 atom stereocenters. The Morgan fingerprint density at radius 3 is 2.91 bits per heavy atom. The van der Waals surface area contributed by atoms with Gasteiger partial charge in [-0.1, -0.05) is 16.7 Å². The minimum absolute atomic E-state index is 0.0912. The first-order chi connectivity index (χ1) is 11.2. The summed E-state index contributed by atoms with van der Waals surface area (Å²) in [5.74, 6) is 2.03. The number of morpholine rings is 1. The van der Waals surface area contributed by atoms with Gasteiger partial charge in [-0.25, -0.2) is 0 Å². The van der Waals surface area contributed by atoms with E-state index in [1.165, 1.54) is 19.3 Å². The van der Waals surface area contributed by atoms with Gasteiger partial charge in [0, 0.05) is 18.2 Å². The first kappa shape index (κ1) is 14.8. The lowest BCUT2D eigenvalue weighted by Gasteiger charge is -2.41. The normalized spacial score (nSPS) is 25.5. The smallest absolute Gasteiger partial charge is 0.231 e. The number of nitrogens with zero attached hydrogens (tertiary/aromatic N) is 4. The van der Waals surface area contributed by atoms with Gasteiger partial charge in [0.2, 0.25) is 11.7 Å². The van der Waals surface area contributed by atoms with Crippen LogP contribution in [0.3, 0.4) is 0 Å². The number of ether oxygens (including phenoxy) is 1. The summed E-state index contributed by atoms with van der Waals surface area (Å²) in [6.45, 7) is 6.58. The molecule has 2 fully saturated rings. The third kappa shape index (κ3) is 2.90. The fraction of sp³-hybridized carbons (Fsp3) is 0.688. The van der Waals surface area contributed by atoms with Crippen molar-refractivity contribution in [2.24, 2.45) is 0 Å². The molecule has 0 unspecified atom stereocenters. The van der Waals surface area contributed by atoms with Crippen LogP contribution in [0, 0.1) is 13.8 Å². The Morgan fingerprint density at radius 2 is 2.09 bits per heavy atom. The van der Waals surface area contributed by atoms with Crippen LogP contribution in [-0.2, 0) is 11.2 Å². The molecule has 0 spiro atoms. The Kier molecular flexibility index (Phi) is 3.90. The Labute approximate surface area is 135 Å². The van der Waals surface area contributed by atoms with Gasteiger partial charge in [-0.05, 0) is 33.2 Å². The van der Waals surface area contributed by atoms with Crippen molar-refractivity contribution in [3.05, 3.63) is 28.7 Å². The molecular weight excluding hydrogens is 296 g/mol. The van der Waals surface area contributed by atoms with Crippen LogP contribution in [0.2, 0.25) is 0 Å². The number of aromatic nitrogens is 3. The van der Waals surface area contributed by atoms with E-state index in [-0.39, 0.29) is 6.10 Å². The summed E-state index contributed by atoms with van der Waals surface area (Å²) in [6.07, 6.45) is 4.27. The Morgan fingerprint density at radius 1 is 1.17 bits per heavy atom. The van der Waals surface area contributed by atoms with Crippen molar-refractivity contribution in [2.45, 2.75) is 51.7 Å². The van der Waals surface area contributed by atoms with Gasteiger partial charge in [0.25, 0.3) is 0 Å². The van der Waals surface area contributed by atoms with Crippen molar-refractivity contribution in [1.29, 1.82) is 0 Å². The Hall–Kier alpha value is -1.73. The zero-order chi connectivity index (χ0) is 15.8. The third-order valence-corrected chi connectivity index (χ3v) is 4.92. The molecule has 124 valence electrons. The van der Waals surface area contributed by atoms with Crippen molar-refractivity contribution in [2.75, 3.05) is 19.7 Å². The number of rotatable bonds is 3. The molecule has 23 heavy (non-hydrogen) atoms. The number of hydrogen-bond donors (Lipinski definition) is 0. The topological polar surface area (TPSA) is 77.4 Å². The summed E-state index contributed by atoms with van der Waals surface area (Å²) in [4.78, 5) is 7.03. The van der Waals surface area contributed by atoms with E-state index in [0.29, 0.717) is 24.2 Å². The first-order valence-electron chi connectivity index (χ1n) is 8.30. The molecule has 0 radical (unpaired) electrons. The summed E-state index contributed by atoms with van der Waals surface area (Å²) >= 11 is 0. The molecule has 0 N–H and O–H groups in total. The highest BCUT2D eigenvalue weighted by molar-refractivity contribution is 5.23. The van der Waals surface area contributed by atoms with E-state index in [1.807, 2.05) is 13.8 Å². The molecule has 7 nitrogen and oxygen atoms in total. The van der Waals surface area contributed by atoms with Gasteiger partial charge >= 0.3 is 0 Å². The molecule has 2 aromatic rings. The van der Waals surface area contributed by atoms with Gasteiger partial charge in [-0.3, -0.25) is 4.90 Å². The highest BCUT2D eigenvalue weighted by atomic mass is 16.5. The lowest BCUT2D eigenvalue weighted by molar-refractivity contribution is -0.0805. The SMILES string of the molecule is Cc1noc(C)c1Cc1nc([C@H]2CN3CCCC[C@@H]3CO2)no1. The van der Waals surface area contributed by atoms with Crippen LogP contribution in [-0.4, -0.2) is 45.9 Å². The highest BCUT2D eigenvalue weighted by Gasteiger charge is 2.33. The van der Waals surface area contributed by atoms with Crippen LogP contribution in [0.15, 0.2) is 9.05 Å². The van der Waals surface area contributed by atoms with Gasteiger partial charge in [0.05, 0.1) is 18.7 Å². The fourth-order valence-electron chi connectivity index (χ4n) is 3.51. The number of aryl methyl sites for hydroxylation is 2. The minimum Gasteiger partial charge on any atom is -0.367 e. The fourth-order valence-corrected chi connectivity index (χ4v) is 3.51. The second-order valence-electron chi connectivity index (χ2n) is 6.49. The van der Waals surface area contributed by atoms with Crippen LogP contribution in [0.1, 0.15) is 54.1 Å². The quantitative estimate of drug-likeness (QED) is 0.858. The van der Waals surface area contributed by atoms with E-state index < -0.39 is 0 Å². The van der Waals surface area contributed by atoms with Crippen LogP contribution in [0.4, 0.5) is 0 Å². The molecular formula is C16H22N4O3. The van der Waals surface area contributed by atoms with Crippen molar-refractivity contribution in [1.82, 2.24) is 20.2 Å². The molecule has 0 amide bonds. The maximum absolute atomic E-state index is 5.97. The van der Waals surface area contributed by atoms with Crippen molar-refractivity contribution in [3.63, 3.8) is 0 Å². The molecule has 4 heterocycles.